The number of pyridine rings is 1. The van der Waals surface area contributed by atoms with Gasteiger partial charge in [0.05, 0.1) is 18.1 Å². The Bertz CT molecular complexity index is 747. The minimum atomic E-state index is 0.602. The molecule has 0 spiro atoms. The average molecular weight is 280 g/mol. The number of nitrogens with zero attached hydrogens (tertiary/aromatic N) is 2. The van der Waals surface area contributed by atoms with Crippen molar-refractivity contribution in [3.05, 3.63) is 81.5 Å². The topological polar surface area (TPSA) is 25.2 Å². The predicted molar refractivity (Wildman–Crippen MR) is 86.6 cm³/mol. The molecular weight excluding hydrogens is 264 g/mol. The zero-order valence-electron chi connectivity index (χ0n) is 11.5. The Labute approximate surface area is 123 Å². The molecular formula is C17H16N2S. The minimum Gasteiger partial charge on any atom is -0.278 e. The van der Waals surface area contributed by atoms with E-state index in [1.54, 1.807) is 24.2 Å². The second-order valence-electron chi connectivity index (χ2n) is 4.20. The van der Waals surface area contributed by atoms with Crippen LogP contribution in [0.15, 0.2) is 76.0 Å². The van der Waals surface area contributed by atoms with E-state index in [4.69, 9.17) is 0 Å². The molecule has 20 heavy (non-hydrogen) atoms. The van der Waals surface area contributed by atoms with E-state index in [9.17, 15) is 0 Å². The van der Waals surface area contributed by atoms with E-state index in [0.29, 0.717) is 6.54 Å². The number of hydrogen-bond acceptors (Lipinski definition) is 3. The maximum atomic E-state index is 4.65. The van der Waals surface area contributed by atoms with E-state index in [1.165, 1.54) is 0 Å². The van der Waals surface area contributed by atoms with Crippen LogP contribution in [0.5, 0.6) is 0 Å². The van der Waals surface area contributed by atoms with E-state index in [0.717, 1.165) is 26.0 Å². The summed E-state index contributed by atoms with van der Waals surface area (Å²) in [6, 6.07) is 1.95. The third kappa shape index (κ3) is 3.47. The third-order valence-corrected chi connectivity index (χ3v) is 3.71. The molecule has 0 aromatic carbocycles. The van der Waals surface area contributed by atoms with Crippen molar-refractivity contribution < 1.29 is 0 Å². The number of aromatic nitrogens is 1. The van der Waals surface area contributed by atoms with Gasteiger partial charge in [0.2, 0.25) is 0 Å². The SMILES string of the molecule is C=C=C/C1=C(\C=C/C)CN=c2cncc/c2=C/C(=C)S1. The third-order valence-electron chi connectivity index (χ3n) is 2.73. The molecule has 0 fully saturated rings. The van der Waals surface area contributed by atoms with E-state index in [1.807, 2.05) is 31.2 Å². The Balaban J connectivity index is 2.64. The summed E-state index contributed by atoms with van der Waals surface area (Å²) in [7, 11) is 0. The van der Waals surface area contributed by atoms with Gasteiger partial charge in [-0.2, -0.15) is 0 Å². The van der Waals surface area contributed by atoms with Crippen LogP contribution in [0.25, 0.3) is 6.08 Å². The fourth-order valence-electron chi connectivity index (χ4n) is 1.86. The van der Waals surface area contributed by atoms with Gasteiger partial charge in [-0.3, -0.25) is 9.98 Å². The number of hydrogen-bond donors (Lipinski definition) is 0. The molecule has 0 saturated carbocycles. The highest BCUT2D eigenvalue weighted by molar-refractivity contribution is 8.07. The van der Waals surface area contributed by atoms with E-state index in [2.05, 4.69) is 34.9 Å². The summed E-state index contributed by atoms with van der Waals surface area (Å²) in [6.45, 7) is 10.4. The first-order chi connectivity index (χ1) is 9.74. The lowest BCUT2D eigenvalue weighted by Gasteiger charge is -2.05. The number of thioether (sulfide) groups is 1. The number of fused-ring (bicyclic) bond motifs is 1. The van der Waals surface area contributed by atoms with Crippen LogP contribution >= 0.6 is 11.8 Å². The molecule has 0 saturated heterocycles. The van der Waals surface area contributed by atoms with Crippen molar-refractivity contribution in [3.63, 3.8) is 0 Å². The Kier molecular flexibility index (Phi) is 4.94. The maximum Gasteiger partial charge on any atom is 0.0834 e. The van der Waals surface area contributed by atoms with Crippen LogP contribution in [0.1, 0.15) is 6.92 Å². The standard InChI is InChI=1S/C17H16N2S/c1-4-6-15-11-19-16-12-18-9-8-14(16)10-13(3)20-17(15)7-5-2/h4,6-10,12H,2-3,11H2,1H3/b6-4-,14-10-,17-15-,19-16?. The van der Waals surface area contributed by atoms with Gasteiger partial charge < -0.3 is 0 Å². The average Bonchev–Trinajstić information content (AvgIpc) is 2.49. The number of rotatable bonds is 2. The normalized spacial score (nSPS) is 20.6. The second-order valence-corrected chi connectivity index (χ2v) is 5.37. The maximum absolute atomic E-state index is 4.65. The molecule has 0 radical (unpaired) electrons. The fraction of sp³-hybridized carbons (Fsp3) is 0.118. The summed E-state index contributed by atoms with van der Waals surface area (Å²) < 4.78 is 0. The van der Waals surface area contributed by atoms with Gasteiger partial charge in [0.1, 0.15) is 0 Å². The van der Waals surface area contributed by atoms with E-state index in [-0.39, 0.29) is 0 Å². The Morgan fingerprint density at radius 2 is 2.30 bits per heavy atom. The molecule has 2 nitrogen and oxygen atoms in total. The van der Waals surface area contributed by atoms with Crippen LogP contribution in [0, 0.1) is 0 Å². The monoisotopic (exact) mass is 280 g/mol. The summed E-state index contributed by atoms with van der Waals surface area (Å²) in [6.07, 6.45) is 11.5. The fourth-order valence-corrected chi connectivity index (χ4v) is 2.73. The van der Waals surface area contributed by atoms with Gasteiger partial charge in [-0.1, -0.05) is 37.1 Å². The minimum absolute atomic E-state index is 0.602. The highest BCUT2D eigenvalue weighted by Crippen LogP contribution is 2.29. The smallest absolute Gasteiger partial charge is 0.0834 e. The van der Waals surface area contributed by atoms with Crippen LogP contribution in [0.3, 0.4) is 0 Å². The molecule has 2 heterocycles. The molecule has 0 amide bonds. The Morgan fingerprint density at radius 1 is 1.45 bits per heavy atom. The van der Waals surface area contributed by atoms with Gasteiger partial charge in [-0.25, -0.2) is 0 Å². The van der Waals surface area contributed by atoms with E-state index < -0.39 is 0 Å². The zero-order valence-corrected chi connectivity index (χ0v) is 12.3. The lowest BCUT2D eigenvalue weighted by molar-refractivity contribution is 1.07. The first kappa shape index (κ1) is 14.3. The van der Waals surface area contributed by atoms with Crippen molar-refractivity contribution in [1.29, 1.82) is 0 Å². The van der Waals surface area contributed by atoms with Crippen molar-refractivity contribution in [3.8, 4) is 0 Å². The lowest BCUT2D eigenvalue weighted by Crippen LogP contribution is -2.25. The summed E-state index contributed by atoms with van der Waals surface area (Å²) in [4.78, 5) is 10.8. The van der Waals surface area contributed by atoms with E-state index >= 15 is 0 Å². The quantitative estimate of drug-likeness (QED) is 0.778. The van der Waals surface area contributed by atoms with Crippen LogP contribution in [-0.4, -0.2) is 11.5 Å². The van der Waals surface area contributed by atoms with Crippen LogP contribution < -0.4 is 10.6 Å². The van der Waals surface area contributed by atoms with Gasteiger partial charge >= 0.3 is 0 Å². The predicted octanol–water partition coefficient (Wildman–Crippen LogP) is 2.91. The molecule has 0 bridgehead atoms. The van der Waals surface area contributed by atoms with Gasteiger partial charge in [-0.15, -0.1) is 5.73 Å². The molecule has 0 unspecified atom stereocenters. The van der Waals surface area contributed by atoms with Gasteiger partial charge in [0, 0.05) is 21.2 Å². The molecule has 100 valence electrons. The van der Waals surface area contributed by atoms with Crippen molar-refractivity contribution in [2.24, 2.45) is 4.99 Å². The lowest BCUT2D eigenvalue weighted by atomic mass is 10.2. The van der Waals surface area contributed by atoms with Crippen molar-refractivity contribution in [2.75, 3.05) is 6.54 Å². The molecule has 0 N–H and O–H groups in total. The van der Waals surface area contributed by atoms with Crippen molar-refractivity contribution in [1.82, 2.24) is 4.98 Å². The van der Waals surface area contributed by atoms with Gasteiger partial charge in [0.25, 0.3) is 0 Å². The molecule has 0 aliphatic carbocycles. The molecule has 1 aliphatic heterocycles. The zero-order chi connectivity index (χ0) is 14.4. The Morgan fingerprint density at radius 3 is 3.05 bits per heavy atom. The summed E-state index contributed by atoms with van der Waals surface area (Å²) in [5.74, 6) is 0. The Hall–Kier alpha value is -2.09. The second kappa shape index (κ2) is 6.90. The van der Waals surface area contributed by atoms with Crippen LogP contribution in [0.4, 0.5) is 0 Å². The molecule has 2 rings (SSSR count). The molecule has 1 aromatic rings. The first-order valence-electron chi connectivity index (χ1n) is 6.29. The highest BCUT2D eigenvalue weighted by atomic mass is 32.2. The molecule has 0 atom stereocenters. The van der Waals surface area contributed by atoms with Crippen molar-refractivity contribution >= 4 is 17.8 Å². The summed E-state index contributed by atoms with van der Waals surface area (Å²) in [5, 5.41) is 1.93. The van der Waals surface area contributed by atoms with Crippen molar-refractivity contribution in [2.45, 2.75) is 6.92 Å². The largest absolute Gasteiger partial charge is 0.278 e. The first-order valence-corrected chi connectivity index (χ1v) is 7.11. The number of allylic oxidation sites excluding steroid dienone is 3. The summed E-state index contributed by atoms with van der Waals surface area (Å²) >= 11 is 1.61. The highest BCUT2D eigenvalue weighted by Gasteiger charge is 2.06. The van der Waals surface area contributed by atoms with Gasteiger partial charge in [-0.05, 0) is 30.7 Å². The molecule has 1 aliphatic rings. The molecule has 3 heteroatoms. The summed E-state index contributed by atoms with van der Waals surface area (Å²) in [5.41, 5.74) is 3.96. The van der Waals surface area contributed by atoms with Gasteiger partial charge in [0.15, 0.2) is 0 Å². The van der Waals surface area contributed by atoms with Crippen LogP contribution in [0.2, 0.25) is 0 Å². The molecule has 1 aromatic heterocycles. The van der Waals surface area contributed by atoms with Crippen LogP contribution in [-0.2, 0) is 0 Å².